The molecule has 0 saturated heterocycles. The fraction of sp³-hybridized carbons (Fsp3) is 1.00. The van der Waals surface area contributed by atoms with E-state index in [2.05, 4.69) is 19.2 Å². The molecule has 0 amide bonds. The summed E-state index contributed by atoms with van der Waals surface area (Å²) in [6.45, 7) is -0.382. The fourth-order valence-electron chi connectivity index (χ4n) is 1.08. The number of hydrogen-bond acceptors (Lipinski definition) is 2. The van der Waals surface area contributed by atoms with Crippen LogP contribution in [-0.2, 0) is 9.09 Å². The maximum absolute atomic E-state index is 10.8. The first kappa shape index (κ1) is 18.1. The van der Waals surface area contributed by atoms with Crippen molar-refractivity contribution in [1.29, 1.82) is 0 Å². The van der Waals surface area contributed by atoms with Gasteiger partial charge >= 0.3 is 44.5 Å². The Labute approximate surface area is 122 Å². The van der Waals surface area contributed by atoms with Crippen molar-refractivity contribution < 1.29 is 9.09 Å². The van der Waals surface area contributed by atoms with Crippen LogP contribution in [0.4, 0.5) is 0 Å². The van der Waals surface area contributed by atoms with E-state index in [0.717, 1.165) is 12.8 Å². The molecule has 3 nitrogen and oxygen atoms in total. The number of thiol groups is 1. The zero-order valence-corrected chi connectivity index (χ0v) is 10.0. The van der Waals surface area contributed by atoms with Crippen molar-refractivity contribution >= 4 is 56.7 Å². The summed E-state index contributed by atoms with van der Waals surface area (Å²) in [5.74, 6) is 0. The van der Waals surface area contributed by atoms with Gasteiger partial charge in [0.15, 0.2) is 0 Å². The van der Waals surface area contributed by atoms with Crippen LogP contribution in [-0.4, -0.2) is 44.3 Å². The first-order valence-electron chi connectivity index (χ1n) is 4.82. The van der Waals surface area contributed by atoms with Gasteiger partial charge in [-0.15, -0.1) is 0 Å². The second kappa shape index (κ2) is 11.3. The Hall–Kier alpha value is 1.76. The van der Waals surface area contributed by atoms with Crippen molar-refractivity contribution in [2.75, 3.05) is 6.61 Å². The van der Waals surface area contributed by atoms with Crippen molar-refractivity contribution in [2.24, 2.45) is 5.50 Å². The molecule has 0 aromatic rings. The van der Waals surface area contributed by atoms with Crippen LogP contribution < -0.4 is 5.50 Å². The topological polar surface area (TPSA) is 52.3 Å². The number of hydrogen-bond donors (Lipinski definition) is 2. The molecular weight excluding hydrogens is 245 g/mol. The predicted molar refractivity (Wildman–Crippen MR) is 68.7 cm³/mol. The summed E-state index contributed by atoms with van der Waals surface area (Å²) in [6.07, 6.45) is 7.09. The van der Waals surface area contributed by atoms with Crippen LogP contribution in [0.2, 0.25) is 0 Å². The van der Waals surface area contributed by atoms with Gasteiger partial charge in [-0.3, -0.25) is 10.1 Å². The first-order chi connectivity index (χ1) is 6.06. The Morgan fingerprint density at radius 1 is 1.21 bits per heavy atom. The molecule has 0 aliphatic rings. The Morgan fingerprint density at radius 2 is 1.71 bits per heavy atom. The average Bonchev–Trinajstić information content (AvgIpc) is 2.01. The summed E-state index contributed by atoms with van der Waals surface area (Å²) in [4.78, 5) is 0. The van der Waals surface area contributed by atoms with Crippen LogP contribution in [0.5, 0.6) is 0 Å². The minimum atomic E-state index is -3.03. The molecule has 0 aromatic heterocycles. The first-order valence-corrected chi connectivity index (χ1v) is 7.67. The summed E-state index contributed by atoms with van der Waals surface area (Å²) in [5, 5.41) is 0. The zero-order valence-electron chi connectivity index (χ0n) is 8.24. The standard InChI is InChI=1S/C8H20NO2PS.Ca.2H/c1-2-3-4-5-6-7-8-11-12(9,10)13;;;/h2-8H2,1H3,(H3,9,10,13);;;. The molecule has 0 spiro atoms. The average molecular weight is 267 g/mol. The summed E-state index contributed by atoms with van der Waals surface area (Å²) in [5.41, 5.74) is 5.10. The van der Waals surface area contributed by atoms with Gasteiger partial charge in [0.05, 0.1) is 6.61 Å². The van der Waals surface area contributed by atoms with Gasteiger partial charge in [0.1, 0.15) is 0 Å². The van der Waals surface area contributed by atoms with Crippen LogP contribution in [0.3, 0.4) is 0 Å². The molecule has 0 aliphatic carbocycles. The van der Waals surface area contributed by atoms with Crippen molar-refractivity contribution in [3.05, 3.63) is 0 Å². The molecule has 0 aliphatic heterocycles. The molecular formula is C8H22CaNO2PS. The Bertz CT molecular complexity index is 165. The van der Waals surface area contributed by atoms with Crippen LogP contribution >= 0.6 is 19.0 Å². The van der Waals surface area contributed by atoms with Gasteiger partial charge in [0.2, 0.25) is 0 Å². The van der Waals surface area contributed by atoms with E-state index < -0.39 is 6.72 Å². The molecule has 2 N–H and O–H groups in total. The van der Waals surface area contributed by atoms with E-state index in [1.807, 2.05) is 0 Å². The van der Waals surface area contributed by atoms with E-state index in [4.69, 9.17) is 10.0 Å². The third-order valence-corrected chi connectivity index (χ3v) is 2.67. The predicted octanol–water partition coefficient (Wildman–Crippen LogP) is 2.44. The van der Waals surface area contributed by atoms with Crippen molar-refractivity contribution in [1.82, 2.24) is 0 Å². The molecule has 84 valence electrons. The van der Waals surface area contributed by atoms with Gasteiger partial charge in [-0.1, -0.05) is 51.3 Å². The zero-order chi connectivity index (χ0) is 10.2. The van der Waals surface area contributed by atoms with Crippen molar-refractivity contribution in [3.8, 4) is 0 Å². The fourth-order valence-corrected chi connectivity index (χ4v) is 1.71. The summed E-state index contributed by atoms with van der Waals surface area (Å²) >= 11 is 3.62. The van der Waals surface area contributed by atoms with Gasteiger partial charge < -0.3 is 4.52 Å². The van der Waals surface area contributed by atoms with Crippen molar-refractivity contribution in [2.45, 2.75) is 45.4 Å². The van der Waals surface area contributed by atoms with E-state index >= 15 is 0 Å². The molecule has 0 heterocycles. The van der Waals surface area contributed by atoms with E-state index in [1.165, 1.54) is 25.7 Å². The maximum atomic E-state index is 10.8. The number of rotatable bonds is 8. The molecule has 0 bridgehead atoms. The van der Waals surface area contributed by atoms with Crippen LogP contribution in [0, 0.1) is 0 Å². The van der Waals surface area contributed by atoms with E-state index in [0.29, 0.717) is 6.61 Å². The Balaban J connectivity index is 0. The van der Waals surface area contributed by atoms with Gasteiger partial charge in [0.25, 0.3) is 0 Å². The Morgan fingerprint density at radius 3 is 2.21 bits per heavy atom. The third kappa shape index (κ3) is 16.2. The molecule has 0 rings (SSSR count). The van der Waals surface area contributed by atoms with Gasteiger partial charge in [-0.2, -0.15) is 0 Å². The van der Waals surface area contributed by atoms with Gasteiger partial charge in [-0.25, -0.2) is 0 Å². The summed E-state index contributed by atoms with van der Waals surface area (Å²) in [7, 11) is 0. The van der Waals surface area contributed by atoms with Crippen LogP contribution in [0.1, 0.15) is 45.4 Å². The monoisotopic (exact) mass is 267 g/mol. The number of unbranched alkanes of at least 4 members (excludes halogenated alkanes) is 5. The summed E-state index contributed by atoms with van der Waals surface area (Å²) in [6, 6.07) is 0. The molecule has 14 heavy (non-hydrogen) atoms. The molecule has 0 aromatic carbocycles. The second-order valence-electron chi connectivity index (χ2n) is 3.17. The third-order valence-electron chi connectivity index (χ3n) is 1.77. The summed E-state index contributed by atoms with van der Waals surface area (Å²) < 4.78 is 15.6. The normalized spacial score (nSPS) is 14.5. The van der Waals surface area contributed by atoms with Gasteiger partial charge in [-0.05, 0) is 6.42 Å². The van der Waals surface area contributed by atoms with E-state index in [1.54, 1.807) is 0 Å². The quantitative estimate of drug-likeness (QED) is 0.307. The molecule has 0 fully saturated rings. The molecule has 1 atom stereocenters. The van der Waals surface area contributed by atoms with Gasteiger partial charge in [0, 0.05) is 0 Å². The molecule has 0 radical (unpaired) electrons. The van der Waals surface area contributed by atoms with E-state index in [-0.39, 0.29) is 37.7 Å². The Kier molecular flexibility index (Phi) is 14.6. The minimum absolute atomic E-state index is 0. The molecule has 0 saturated carbocycles. The second-order valence-corrected chi connectivity index (χ2v) is 6.22. The van der Waals surface area contributed by atoms with Crippen LogP contribution in [0.15, 0.2) is 0 Å². The molecule has 6 heteroatoms. The van der Waals surface area contributed by atoms with Crippen molar-refractivity contribution in [3.63, 3.8) is 0 Å². The molecule has 1 unspecified atom stereocenters. The SMILES string of the molecule is CCCCCCCCOP(N)(=O)S.[CaH2]. The van der Waals surface area contributed by atoms with E-state index in [9.17, 15) is 4.57 Å². The number of nitrogens with two attached hydrogens (primary N) is 1. The van der Waals surface area contributed by atoms with Crippen LogP contribution in [0.25, 0.3) is 0 Å².